The molecular weight excluding hydrogens is 275 g/mol. The van der Waals surface area contributed by atoms with Crippen LogP contribution in [0.15, 0.2) is 29.5 Å². The van der Waals surface area contributed by atoms with Gasteiger partial charge in [-0.05, 0) is 38.8 Å². The van der Waals surface area contributed by atoms with Gasteiger partial charge in [-0.15, -0.1) is 5.73 Å². The van der Waals surface area contributed by atoms with Crippen molar-refractivity contribution >= 4 is 13.4 Å². The standard InChI is InChI=1S/C15H23O4P/c1-3-18-20(17,19-4-2)13-9-5-6-12-15(16)14-10-7-8-11-14/h7-8,10H,3-6,9,12-13H2,1-2H3. The third kappa shape index (κ3) is 6.02. The van der Waals surface area contributed by atoms with Crippen molar-refractivity contribution in [3.63, 3.8) is 0 Å². The molecule has 0 bridgehead atoms. The average Bonchev–Trinajstić information content (AvgIpc) is 2.92. The molecule has 0 heterocycles. The maximum absolute atomic E-state index is 12.2. The van der Waals surface area contributed by atoms with Gasteiger partial charge in [0, 0.05) is 6.42 Å². The molecule has 0 aliphatic heterocycles. The van der Waals surface area contributed by atoms with Crippen molar-refractivity contribution in [3.05, 3.63) is 29.5 Å². The summed E-state index contributed by atoms with van der Waals surface area (Å²) in [6.07, 6.45) is 8.64. The van der Waals surface area contributed by atoms with E-state index in [0.717, 1.165) is 19.3 Å². The summed E-state index contributed by atoms with van der Waals surface area (Å²) in [5, 5.41) is 0. The molecule has 1 aliphatic rings. The van der Waals surface area contributed by atoms with Gasteiger partial charge in [-0.1, -0.05) is 12.5 Å². The van der Waals surface area contributed by atoms with E-state index in [1.165, 1.54) is 0 Å². The second kappa shape index (κ2) is 9.10. The smallest absolute Gasteiger partial charge is 0.309 e. The molecule has 5 heteroatoms. The first-order chi connectivity index (χ1) is 9.61. The van der Waals surface area contributed by atoms with Crippen LogP contribution in [0.1, 0.15) is 39.5 Å². The van der Waals surface area contributed by atoms with Crippen LogP contribution in [-0.4, -0.2) is 25.2 Å². The van der Waals surface area contributed by atoms with Crippen molar-refractivity contribution in [1.29, 1.82) is 0 Å². The minimum Gasteiger partial charge on any atom is -0.309 e. The number of carbonyl (C=O) groups is 1. The Kier molecular flexibility index (Phi) is 7.79. The van der Waals surface area contributed by atoms with Gasteiger partial charge in [0.2, 0.25) is 0 Å². The SMILES string of the molecule is CCOP(=O)(CCCCCC(=O)C1=C=CC=C1)OCC. The summed E-state index contributed by atoms with van der Waals surface area (Å²) in [4.78, 5) is 11.7. The molecule has 0 aromatic rings. The lowest BCUT2D eigenvalue weighted by molar-refractivity contribution is -0.115. The lowest BCUT2D eigenvalue weighted by Gasteiger charge is -2.16. The molecule has 0 saturated carbocycles. The Hall–Kier alpha value is -0.920. The van der Waals surface area contributed by atoms with E-state index >= 15 is 0 Å². The summed E-state index contributed by atoms with van der Waals surface area (Å²) in [7, 11) is -2.92. The largest absolute Gasteiger partial charge is 0.330 e. The molecule has 0 unspecified atom stereocenters. The molecule has 0 atom stereocenters. The molecule has 0 saturated heterocycles. The van der Waals surface area contributed by atoms with Crippen molar-refractivity contribution in [2.75, 3.05) is 19.4 Å². The summed E-state index contributed by atoms with van der Waals surface area (Å²) in [5.41, 5.74) is 3.55. The number of rotatable bonds is 11. The van der Waals surface area contributed by atoms with Gasteiger partial charge < -0.3 is 9.05 Å². The Balaban J connectivity index is 2.20. The minimum absolute atomic E-state index is 0.118. The van der Waals surface area contributed by atoms with Crippen LogP contribution in [0.4, 0.5) is 0 Å². The third-order valence-corrected chi connectivity index (χ3v) is 5.05. The van der Waals surface area contributed by atoms with Crippen LogP contribution < -0.4 is 0 Å². The van der Waals surface area contributed by atoms with E-state index in [9.17, 15) is 9.36 Å². The predicted molar refractivity (Wildman–Crippen MR) is 79.9 cm³/mol. The summed E-state index contributed by atoms with van der Waals surface area (Å²) < 4.78 is 22.6. The number of hydrogen-bond donors (Lipinski definition) is 0. The van der Waals surface area contributed by atoms with Gasteiger partial charge in [-0.25, -0.2) is 0 Å². The molecule has 112 valence electrons. The fourth-order valence-corrected chi connectivity index (χ4v) is 3.70. The van der Waals surface area contributed by atoms with Crippen LogP contribution in [0.2, 0.25) is 0 Å². The molecule has 4 nitrogen and oxygen atoms in total. The molecule has 0 aromatic heterocycles. The highest BCUT2D eigenvalue weighted by molar-refractivity contribution is 7.53. The first kappa shape index (κ1) is 17.1. The lowest BCUT2D eigenvalue weighted by Crippen LogP contribution is -2.02. The van der Waals surface area contributed by atoms with Gasteiger partial charge in [0.05, 0.1) is 24.9 Å². The molecular formula is C15H23O4P. The van der Waals surface area contributed by atoms with Crippen molar-refractivity contribution in [1.82, 2.24) is 0 Å². The summed E-state index contributed by atoms with van der Waals surface area (Å²) in [6.45, 7) is 4.40. The third-order valence-electron chi connectivity index (χ3n) is 2.89. The molecule has 0 amide bonds. The van der Waals surface area contributed by atoms with E-state index in [0.29, 0.717) is 31.4 Å². The number of hydrogen-bond acceptors (Lipinski definition) is 4. The Bertz CT molecular complexity index is 448. The lowest BCUT2D eigenvalue weighted by atomic mass is 10.1. The molecule has 0 radical (unpaired) electrons. The molecule has 0 spiro atoms. The maximum Gasteiger partial charge on any atom is 0.330 e. The van der Waals surface area contributed by atoms with Crippen LogP contribution in [-0.2, 0) is 18.4 Å². The first-order valence-electron chi connectivity index (χ1n) is 7.16. The topological polar surface area (TPSA) is 52.6 Å². The van der Waals surface area contributed by atoms with Crippen molar-refractivity contribution in [2.24, 2.45) is 0 Å². The van der Waals surface area contributed by atoms with Gasteiger partial charge in [0.15, 0.2) is 5.78 Å². The number of Topliss-reactive ketones (excluding diaryl/α,β-unsaturated/α-hetero) is 1. The molecule has 1 rings (SSSR count). The minimum atomic E-state index is -2.92. The van der Waals surface area contributed by atoms with E-state index < -0.39 is 7.60 Å². The quantitative estimate of drug-likeness (QED) is 0.328. The predicted octanol–water partition coefficient (Wildman–Crippen LogP) is 4.03. The van der Waals surface area contributed by atoms with Crippen LogP contribution in [0.25, 0.3) is 0 Å². The second-order valence-electron chi connectivity index (χ2n) is 4.49. The zero-order chi connectivity index (χ0) is 14.8. The number of allylic oxidation sites excluding steroid dienone is 3. The van der Waals surface area contributed by atoms with E-state index in [-0.39, 0.29) is 5.78 Å². The highest BCUT2D eigenvalue weighted by Gasteiger charge is 2.22. The molecule has 0 fully saturated rings. The van der Waals surface area contributed by atoms with Gasteiger partial charge in [0.1, 0.15) is 0 Å². The monoisotopic (exact) mass is 298 g/mol. The fourth-order valence-electron chi connectivity index (χ4n) is 1.97. The zero-order valence-corrected chi connectivity index (χ0v) is 13.2. The van der Waals surface area contributed by atoms with Crippen LogP contribution in [0, 0.1) is 0 Å². The van der Waals surface area contributed by atoms with Crippen LogP contribution in [0.5, 0.6) is 0 Å². The van der Waals surface area contributed by atoms with Crippen LogP contribution >= 0.6 is 7.60 Å². The average molecular weight is 298 g/mol. The second-order valence-corrected chi connectivity index (χ2v) is 6.67. The molecule has 0 N–H and O–H groups in total. The van der Waals surface area contributed by atoms with E-state index in [2.05, 4.69) is 5.73 Å². The Morgan fingerprint density at radius 3 is 2.45 bits per heavy atom. The molecule has 0 aromatic carbocycles. The summed E-state index contributed by atoms with van der Waals surface area (Å²) in [5.74, 6) is 0.118. The van der Waals surface area contributed by atoms with E-state index in [1.807, 2.05) is 6.08 Å². The Morgan fingerprint density at radius 2 is 1.90 bits per heavy atom. The van der Waals surface area contributed by atoms with Gasteiger partial charge in [0.25, 0.3) is 0 Å². The van der Waals surface area contributed by atoms with Gasteiger partial charge >= 0.3 is 7.60 Å². The van der Waals surface area contributed by atoms with Crippen molar-refractivity contribution in [2.45, 2.75) is 39.5 Å². The van der Waals surface area contributed by atoms with Gasteiger partial charge in [-0.3, -0.25) is 9.36 Å². The van der Waals surface area contributed by atoms with Crippen molar-refractivity contribution < 1.29 is 18.4 Å². The molecule has 1 aliphatic carbocycles. The van der Waals surface area contributed by atoms with Gasteiger partial charge in [-0.2, -0.15) is 0 Å². The van der Waals surface area contributed by atoms with Crippen molar-refractivity contribution in [3.8, 4) is 0 Å². The maximum atomic E-state index is 12.2. The molecule has 20 heavy (non-hydrogen) atoms. The number of carbonyl (C=O) groups excluding carboxylic acids is 1. The Labute approximate surface area is 121 Å². The van der Waals surface area contributed by atoms with Crippen LogP contribution in [0.3, 0.4) is 0 Å². The normalized spacial score (nSPS) is 13.8. The summed E-state index contributed by atoms with van der Waals surface area (Å²) in [6, 6.07) is 0. The van der Waals surface area contributed by atoms with E-state index in [4.69, 9.17) is 9.05 Å². The highest BCUT2D eigenvalue weighted by atomic mass is 31.2. The Morgan fingerprint density at radius 1 is 1.20 bits per heavy atom. The number of unbranched alkanes of at least 4 members (excludes halogenated alkanes) is 2. The number of ketones is 1. The highest BCUT2D eigenvalue weighted by Crippen LogP contribution is 2.48. The fraction of sp³-hybridized carbons (Fsp3) is 0.600. The zero-order valence-electron chi connectivity index (χ0n) is 12.3. The van der Waals surface area contributed by atoms with E-state index in [1.54, 1.807) is 26.0 Å². The first-order valence-corrected chi connectivity index (χ1v) is 8.89. The summed E-state index contributed by atoms with van der Waals surface area (Å²) >= 11 is 0.